The first-order chi connectivity index (χ1) is 24.5. The molecule has 8 aromatic rings. The lowest BCUT2D eigenvalue weighted by molar-refractivity contribution is 0.924. The van der Waals surface area contributed by atoms with Gasteiger partial charge in [-0.25, -0.2) is 59.8 Å². The van der Waals surface area contributed by atoms with Crippen LogP contribution in [0.5, 0.6) is 0 Å². The highest BCUT2D eigenvalue weighted by Crippen LogP contribution is 2.39. The third-order valence-electron chi connectivity index (χ3n) is 8.45. The van der Waals surface area contributed by atoms with E-state index in [4.69, 9.17) is 9.97 Å². The topological polar surface area (TPSA) is 160 Å². The zero-order chi connectivity index (χ0) is 35.6. The number of aryl methyl sites for hydroxylation is 8. The molecule has 8 rings (SSSR count). The Morgan fingerprint density at radius 1 is 0.333 bits per heavy atom. The Balaban J connectivity index is 1.44. The highest BCUT2D eigenvalue weighted by atomic mass is 15.1. The van der Waals surface area contributed by atoms with Crippen molar-refractivity contribution in [1.82, 2.24) is 64.4 Å². The van der Waals surface area contributed by atoms with Gasteiger partial charge in [0.25, 0.3) is 0 Å². The van der Waals surface area contributed by atoms with Gasteiger partial charge in [0.05, 0.1) is 16.7 Å². The van der Waals surface area contributed by atoms with E-state index in [1.807, 2.05) is 79.7 Å². The smallest absolute Gasteiger partial charge is 0.165 e. The second kappa shape index (κ2) is 12.1. The second-order valence-corrected chi connectivity index (χ2v) is 12.5. The maximum absolute atomic E-state index is 4.81. The van der Waals surface area contributed by atoms with Crippen molar-refractivity contribution in [3.8, 4) is 51.2 Å². The van der Waals surface area contributed by atoms with E-state index in [1.165, 1.54) is 0 Å². The van der Waals surface area contributed by atoms with E-state index in [2.05, 4.69) is 84.7 Å². The molecule has 13 nitrogen and oxygen atoms in total. The number of rotatable bonds is 5. The molecule has 0 amide bonds. The summed E-state index contributed by atoms with van der Waals surface area (Å²) in [4.78, 5) is 55.2. The first kappa shape index (κ1) is 31.7. The average Bonchev–Trinajstić information content (AvgIpc) is 3.39. The summed E-state index contributed by atoms with van der Waals surface area (Å²) in [7, 11) is 0. The van der Waals surface area contributed by atoms with Crippen molar-refractivity contribution in [2.24, 2.45) is 0 Å². The van der Waals surface area contributed by atoms with Crippen molar-refractivity contribution in [3.63, 3.8) is 0 Å². The van der Waals surface area contributed by atoms with Gasteiger partial charge < -0.3 is 4.57 Å². The van der Waals surface area contributed by atoms with Gasteiger partial charge in [0.15, 0.2) is 23.3 Å². The van der Waals surface area contributed by atoms with E-state index in [-0.39, 0.29) is 0 Å². The van der Waals surface area contributed by atoms with Gasteiger partial charge in [-0.15, -0.1) is 0 Å². The Bertz CT molecular complexity index is 2510. The Labute approximate surface area is 293 Å². The molecule has 0 saturated carbocycles. The number of aromatic nitrogens is 13. The lowest BCUT2D eigenvalue weighted by Gasteiger charge is -2.15. The predicted octanol–water partition coefficient (Wildman–Crippen LogP) is 6.66. The number of hydrogen-bond donors (Lipinski definition) is 0. The van der Waals surface area contributed by atoms with Crippen LogP contribution in [0.2, 0.25) is 0 Å². The van der Waals surface area contributed by atoms with Crippen LogP contribution < -0.4 is 0 Å². The van der Waals surface area contributed by atoms with Crippen LogP contribution in [0.1, 0.15) is 46.6 Å². The third-order valence-corrected chi connectivity index (χ3v) is 8.45. The van der Waals surface area contributed by atoms with Crippen LogP contribution in [0.25, 0.3) is 73.0 Å². The Morgan fingerprint density at radius 3 is 1.02 bits per heavy atom. The minimum absolute atomic E-state index is 0.551. The molecule has 13 heteroatoms. The molecule has 51 heavy (non-hydrogen) atoms. The van der Waals surface area contributed by atoms with Crippen LogP contribution in [0.4, 0.5) is 0 Å². The first-order valence-corrected chi connectivity index (χ1v) is 16.5. The number of benzene rings is 3. The standard InChI is InChI=1S/C38H33N13/c1-18-39-19(2)44-35(43-18)26-9-12-32-29(15-26)30-16-27(36-45-20(3)40-21(4)46-36)10-13-33(30)51(32)34-14-11-28(37-47-22(5)41-23(6)48-37)17-31(34)38-49-24(7)42-25(8)50-38/h9-17H,1-8H3. The molecular weight excluding hydrogens is 639 g/mol. The van der Waals surface area contributed by atoms with Crippen LogP contribution in [0.3, 0.4) is 0 Å². The molecule has 0 N–H and O–H groups in total. The highest BCUT2D eigenvalue weighted by molar-refractivity contribution is 6.11. The first-order valence-electron chi connectivity index (χ1n) is 16.5. The fourth-order valence-corrected chi connectivity index (χ4v) is 6.58. The molecule has 0 bridgehead atoms. The average molecular weight is 672 g/mol. The van der Waals surface area contributed by atoms with E-state index in [1.54, 1.807) is 0 Å². The van der Waals surface area contributed by atoms with Crippen molar-refractivity contribution in [2.75, 3.05) is 0 Å². The molecule has 250 valence electrons. The largest absolute Gasteiger partial charge is 0.308 e. The molecule has 0 spiro atoms. The molecule has 0 saturated heterocycles. The number of nitrogens with zero attached hydrogens (tertiary/aromatic N) is 13. The van der Waals surface area contributed by atoms with Crippen LogP contribution in [0.15, 0.2) is 54.6 Å². The summed E-state index contributed by atoms with van der Waals surface area (Å²) in [5.74, 6) is 7.58. The van der Waals surface area contributed by atoms with E-state index in [9.17, 15) is 0 Å². The van der Waals surface area contributed by atoms with Gasteiger partial charge in [-0.2, -0.15) is 0 Å². The summed E-state index contributed by atoms with van der Waals surface area (Å²) >= 11 is 0. The van der Waals surface area contributed by atoms with Crippen molar-refractivity contribution >= 4 is 21.8 Å². The molecule has 0 fully saturated rings. The van der Waals surface area contributed by atoms with Gasteiger partial charge >= 0.3 is 0 Å². The maximum Gasteiger partial charge on any atom is 0.165 e. The summed E-state index contributed by atoms with van der Waals surface area (Å²) in [6, 6.07) is 18.7. The minimum atomic E-state index is 0.551. The SMILES string of the molecule is Cc1nc(C)nc(-c2ccc(-n3c4ccc(-c5nc(C)nc(C)n5)cc4c4cc(-c5nc(C)nc(C)n5)ccc43)c(-c3nc(C)nc(C)n3)c2)n1. The van der Waals surface area contributed by atoms with Crippen LogP contribution in [0, 0.1) is 55.4 Å². The molecule has 3 aromatic carbocycles. The molecule has 0 unspecified atom stereocenters. The minimum Gasteiger partial charge on any atom is -0.308 e. The molecule has 5 heterocycles. The number of hydrogen-bond acceptors (Lipinski definition) is 12. The summed E-state index contributed by atoms with van der Waals surface area (Å²) in [5, 5.41) is 2.01. The van der Waals surface area contributed by atoms with E-state index in [0.29, 0.717) is 69.9 Å². The highest BCUT2D eigenvalue weighted by Gasteiger charge is 2.21. The molecule has 0 radical (unpaired) electrons. The van der Waals surface area contributed by atoms with Gasteiger partial charge in [-0.3, -0.25) is 0 Å². The summed E-state index contributed by atoms with van der Waals surface area (Å²) in [6.07, 6.45) is 0. The van der Waals surface area contributed by atoms with E-state index in [0.717, 1.165) is 49.7 Å². The summed E-state index contributed by atoms with van der Waals surface area (Å²) in [5.41, 5.74) is 6.21. The fourth-order valence-electron chi connectivity index (χ4n) is 6.58. The van der Waals surface area contributed by atoms with Crippen LogP contribution >= 0.6 is 0 Å². The van der Waals surface area contributed by atoms with Gasteiger partial charge in [0, 0.05) is 33.0 Å². The van der Waals surface area contributed by atoms with Gasteiger partial charge in [0.2, 0.25) is 0 Å². The summed E-state index contributed by atoms with van der Waals surface area (Å²) < 4.78 is 2.24. The van der Waals surface area contributed by atoms with Crippen molar-refractivity contribution in [3.05, 3.63) is 101 Å². The molecule has 0 atom stereocenters. The third kappa shape index (κ3) is 5.92. The fraction of sp³-hybridized carbons (Fsp3) is 0.211. The lowest BCUT2D eigenvalue weighted by atomic mass is 10.1. The van der Waals surface area contributed by atoms with Crippen molar-refractivity contribution in [1.29, 1.82) is 0 Å². The molecule has 5 aromatic heterocycles. The molecular formula is C38H33N13. The maximum atomic E-state index is 4.81. The van der Waals surface area contributed by atoms with Gasteiger partial charge in [-0.1, -0.05) is 0 Å². The molecule has 0 aliphatic heterocycles. The normalized spacial score (nSPS) is 11.5. The van der Waals surface area contributed by atoms with Crippen LogP contribution in [-0.4, -0.2) is 64.4 Å². The monoisotopic (exact) mass is 671 g/mol. The molecule has 0 aliphatic rings. The summed E-state index contributed by atoms with van der Waals surface area (Å²) in [6.45, 7) is 15.0. The van der Waals surface area contributed by atoms with E-state index >= 15 is 0 Å². The van der Waals surface area contributed by atoms with Gasteiger partial charge in [-0.05, 0) is 110 Å². The lowest BCUT2D eigenvalue weighted by Crippen LogP contribution is -2.05. The molecule has 0 aliphatic carbocycles. The quantitative estimate of drug-likeness (QED) is 0.192. The second-order valence-electron chi connectivity index (χ2n) is 12.5. The zero-order valence-corrected chi connectivity index (χ0v) is 29.5. The predicted molar refractivity (Wildman–Crippen MR) is 194 cm³/mol. The van der Waals surface area contributed by atoms with Crippen LogP contribution in [-0.2, 0) is 0 Å². The Hall–Kier alpha value is -6.50. The van der Waals surface area contributed by atoms with E-state index < -0.39 is 0 Å². The Kier molecular flexibility index (Phi) is 7.55. The Morgan fingerprint density at radius 2 is 0.647 bits per heavy atom. The van der Waals surface area contributed by atoms with Gasteiger partial charge in [0.1, 0.15) is 46.6 Å². The zero-order valence-electron chi connectivity index (χ0n) is 29.5. The van der Waals surface area contributed by atoms with Crippen molar-refractivity contribution in [2.45, 2.75) is 55.4 Å². The number of fused-ring (bicyclic) bond motifs is 3. The van der Waals surface area contributed by atoms with Crippen molar-refractivity contribution < 1.29 is 0 Å².